The number of hydrogen-bond acceptors (Lipinski definition) is 6. The van der Waals surface area contributed by atoms with Crippen molar-refractivity contribution in [3.63, 3.8) is 0 Å². The van der Waals surface area contributed by atoms with Crippen molar-refractivity contribution in [3.05, 3.63) is 78.1 Å². The lowest BCUT2D eigenvalue weighted by molar-refractivity contribution is 0.174. The summed E-state index contributed by atoms with van der Waals surface area (Å²) in [5.74, 6) is 2.31. The van der Waals surface area contributed by atoms with Gasteiger partial charge in [0.05, 0.1) is 5.52 Å². The van der Waals surface area contributed by atoms with Crippen molar-refractivity contribution in [2.75, 3.05) is 17.4 Å². The second kappa shape index (κ2) is 7.27. The number of rotatable bonds is 5. The molecule has 0 bridgehead atoms. The molecule has 3 aromatic carbocycles. The largest absolute Gasteiger partial charge is 0.454 e. The van der Waals surface area contributed by atoms with Crippen LogP contribution >= 0.6 is 0 Å². The first-order chi connectivity index (χ1) is 14.2. The Balaban J connectivity index is 1.44. The number of halogens is 1. The fourth-order valence-corrected chi connectivity index (χ4v) is 3.16. The molecule has 5 rings (SSSR count). The highest BCUT2D eigenvalue weighted by Crippen LogP contribution is 2.35. The molecular formula is C22H17FN4O2. The average Bonchev–Trinajstić information content (AvgIpc) is 3.21. The lowest BCUT2D eigenvalue weighted by Gasteiger charge is -2.12. The van der Waals surface area contributed by atoms with Crippen LogP contribution in [0.5, 0.6) is 11.5 Å². The normalized spacial score (nSPS) is 12.2. The standard InChI is InChI=1S/C22H17FN4O2/c23-15-7-5-14(6-8-15)12-24-21-17-3-1-2-4-18(17)26-22(27-21)25-16-9-10-19-20(11-16)29-13-28-19/h1-11H,12-13H2,(H2,24,25,26,27). The molecule has 1 aliphatic rings. The molecular weight excluding hydrogens is 371 g/mol. The van der Waals surface area contributed by atoms with Gasteiger partial charge in [-0.05, 0) is 42.0 Å². The first-order valence-corrected chi connectivity index (χ1v) is 9.16. The molecule has 0 fully saturated rings. The highest BCUT2D eigenvalue weighted by atomic mass is 19.1. The van der Waals surface area contributed by atoms with Crippen LogP contribution in [-0.4, -0.2) is 16.8 Å². The van der Waals surface area contributed by atoms with Crippen molar-refractivity contribution in [1.82, 2.24) is 9.97 Å². The molecule has 0 spiro atoms. The molecule has 1 aliphatic heterocycles. The number of ether oxygens (including phenoxy) is 2. The van der Waals surface area contributed by atoms with Crippen LogP contribution in [0, 0.1) is 5.82 Å². The van der Waals surface area contributed by atoms with Crippen molar-refractivity contribution >= 4 is 28.4 Å². The van der Waals surface area contributed by atoms with Gasteiger partial charge in [-0.15, -0.1) is 0 Å². The number of fused-ring (bicyclic) bond motifs is 2. The van der Waals surface area contributed by atoms with E-state index in [4.69, 9.17) is 9.47 Å². The predicted octanol–water partition coefficient (Wildman–Crippen LogP) is 4.85. The minimum absolute atomic E-state index is 0.225. The quantitative estimate of drug-likeness (QED) is 0.509. The maximum Gasteiger partial charge on any atom is 0.231 e. The van der Waals surface area contributed by atoms with E-state index in [-0.39, 0.29) is 12.6 Å². The van der Waals surface area contributed by atoms with E-state index in [9.17, 15) is 4.39 Å². The Morgan fingerprint density at radius 1 is 0.897 bits per heavy atom. The molecule has 1 aromatic heterocycles. The van der Waals surface area contributed by atoms with Gasteiger partial charge in [-0.1, -0.05) is 24.3 Å². The number of benzene rings is 3. The summed E-state index contributed by atoms with van der Waals surface area (Å²) in [6.45, 7) is 0.744. The Morgan fingerprint density at radius 3 is 2.62 bits per heavy atom. The van der Waals surface area contributed by atoms with Crippen molar-refractivity contribution in [2.45, 2.75) is 6.54 Å². The lowest BCUT2D eigenvalue weighted by atomic mass is 10.2. The van der Waals surface area contributed by atoms with Crippen LogP contribution in [0.15, 0.2) is 66.7 Å². The SMILES string of the molecule is Fc1ccc(CNc2nc(Nc3ccc4c(c3)OCO4)nc3ccccc23)cc1. The van der Waals surface area contributed by atoms with Crippen LogP contribution in [0.3, 0.4) is 0 Å². The van der Waals surface area contributed by atoms with Crippen LogP contribution in [-0.2, 0) is 6.54 Å². The van der Waals surface area contributed by atoms with Gasteiger partial charge in [0, 0.05) is 23.7 Å². The molecule has 29 heavy (non-hydrogen) atoms. The molecule has 6 nitrogen and oxygen atoms in total. The summed E-state index contributed by atoms with van der Waals surface area (Å²) in [6, 6.07) is 19.8. The van der Waals surface area contributed by atoms with Gasteiger partial charge in [0.25, 0.3) is 0 Å². The molecule has 0 saturated heterocycles. The van der Waals surface area contributed by atoms with E-state index < -0.39 is 0 Å². The molecule has 0 radical (unpaired) electrons. The summed E-state index contributed by atoms with van der Waals surface area (Å²) < 4.78 is 23.9. The maximum atomic E-state index is 13.1. The van der Waals surface area contributed by atoms with E-state index in [0.29, 0.717) is 24.1 Å². The molecule has 0 aliphatic carbocycles. The molecule has 0 amide bonds. The Kier molecular flexibility index (Phi) is 4.32. The van der Waals surface area contributed by atoms with Gasteiger partial charge in [0.15, 0.2) is 11.5 Å². The van der Waals surface area contributed by atoms with Gasteiger partial charge in [-0.25, -0.2) is 9.37 Å². The maximum absolute atomic E-state index is 13.1. The lowest BCUT2D eigenvalue weighted by Crippen LogP contribution is -2.05. The van der Waals surface area contributed by atoms with Crippen LogP contribution in [0.1, 0.15) is 5.56 Å². The molecule has 0 unspecified atom stereocenters. The zero-order valence-electron chi connectivity index (χ0n) is 15.4. The first-order valence-electron chi connectivity index (χ1n) is 9.16. The number of nitrogens with zero attached hydrogens (tertiary/aromatic N) is 2. The average molecular weight is 388 g/mol. The molecule has 0 atom stereocenters. The zero-order chi connectivity index (χ0) is 19.6. The van der Waals surface area contributed by atoms with Gasteiger partial charge < -0.3 is 20.1 Å². The summed E-state index contributed by atoms with van der Waals surface area (Å²) >= 11 is 0. The summed E-state index contributed by atoms with van der Waals surface area (Å²) in [5.41, 5.74) is 2.57. The summed E-state index contributed by atoms with van der Waals surface area (Å²) in [7, 11) is 0. The zero-order valence-corrected chi connectivity index (χ0v) is 15.4. The highest BCUT2D eigenvalue weighted by molar-refractivity contribution is 5.90. The number of nitrogens with one attached hydrogen (secondary N) is 2. The number of para-hydroxylation sites is 1. The first kappa shape index (κ1) is 17.2. The van der Waals surface area contributed by atoms with Crippen molar-refractivity contribution in [3.8, 4) is 11.5 Å². The van der Waals surface area contributed by atoms with Gasteiger partial charge in [-0.3, -0.25) is 0 Å². The van der Waals surface area contributed by atoms with E-state index in [1.807, 2.05) is 42.5 Å². The van der Waals surface area contributed by atoms with Gasteiger partial charge in [0.2, 0.25) is 12.7 Å². The van der Waals surface area contributed by atoms with Gasteiger partial charge in [-0.2, -0.15) is 4.98 Å². The van der Waals surface area contributed by atoms with E-state index >= 15 is 0 Å². The summed E-state index contributed by atoms with van der Waals surface area (Å²) in [4.78, 5) is 9.25. The highest BCUT2D eigenvalue weighted by Gasteiger charge is 2.14. The van der Waals surface area contributed by atoms with Crippen molar-refractivity contribution in [1.29, 1.82) is 0 Å². The van der Waals surface area contributed by atoms with Crippen LogP contribution in [0.2, 0.25) is 0 Å². The van der Waals surface area contributed by atoms with Gasteiger partial charge in [0.1, 0.15) is 11.6 Å². The number of aromatic nitrogens is 2. The summed E-state index contributed by atoms with van der Waals surface area (Å²) in [5, 5.41) is 7.47. The monoisotopic (exact) mass is 388 g/mol. The van der Waals surface area contributed by atoms with E-state index in [1.54, 1.807) is 12.1 Å². The molecule has 2 heterocycles. The molecule has 7 heteroatoms. The van der Waals surface area contributed by atoms with Crippen molar-refractivity contribution < 1.29 is 13.9 Å². The molecule has 2 N–H and O–H groups in total. The second-order valence-corrected chi connectivity index (χ2v) is 6.59. The van der Waals surface area contributed by atoms with Crippen LogP contribution in [0.25, 0.3) is 10.9 Å². The second-order valence-electron chi connectivity index (χ2n) is 6.59. The Hall–Kier alpha value is -3.87. The minimum Gasteiger partial charge on any atom is -0.454 e. The molecule has 144 valence electrons. The fraction of sp³-hybridized carbons (Fsp3) is 0.0909. The third-order valence-corrected chi connectivity index (χ3v) is 4.61. The Morgan fingerprint density at radius 2 is 1.72 bits per heavy atom. The topological polar surface area (TPSA) is 68.3 Å². The van der Waals surface area contributed by atoms with E-state index in [2.05, 4.69) is 20.6 Å². The Labute approximate surface area is 166 Å². The third kappa shape index (κ3) is 3.62. The van der Waals surface area contributed by atoms with Crippen LogP contribution < -0.4 is 20.1 Å². The third-order valence-electron chi connectivity index (χ3n) is 4.61. The Bertz CT molecular complexity index is 1180. The predicted molar refractivity (Wildman–Crippen MR) is 109 cm³/mol. The minimum atomic E-state index is -0.253. The fourth-order valence-electron chi connectivity index (χ4n) is 3.16. The summed E-state index contributed by atoms with van der Waals surface area (Å²) in [6.07, 6.45) is 0. The van der Waals surface area contributed by atoms with Gasteiger partial charge >= 0.3 is 0 Å². The molecule has 0 saturated carbocycles. The molecule has 4 aromatic rings. The number of anilines is 3. The smallest absolute Gasteiger partial charge is 0.231 e. The van der Waals surface area contributed by atoms with Crippen molar-refractivity contribution in [2.24, 2.45) is 0 Å². The van der Waals surface area contributed by atoms with Crippen LogP contribution in [0.4, 0.5) is 21.8 Å². The van der Waals surface area contributed by atoms with E-state index in [1.165, 1.54) is 12.1 Å². The van der Waals surface area contributed by atoms with E-state index in [0.717, 1.165) is 27.9 Å². The number of hydrogen-bond donors (Lipinski definition) is 2.